The maximum atomic E-state index is 10.3. The van der Waals surface area contributed by atoms with Crippen molar-refractivity contribution in [2.45, 2.75) is 19.2 Å². The van der Waals surface area contributed by atoms with E-state index in [-0.39, 0.29) is 6.79 Å². The molecular formula is C17H16ClNO3. The Morgan fingerprint density at radius 1 is 1.18 bits per heavy atom. The highest BCUT2D eigenvalue weighted by molar-refractivity contribution is 6.31. The van der Waals surface area contributed by atoms with Crippen LogP contribution in [-0.4, -0.2) is 23.3 Å². The van der Waals surface area contributed by atoms with Gasteiger partial charge in [-0.05, 0) is 22.8 Å². The lowest BCUT2D eigenvalue weighted by Gasteiger charge is -2.32. The zero-order valence-electron chi connectivity index (χ0n) is 12.0. The van der Waals surface area contributed by atoms with E-state index in [1.807, 2.05) is 24.3 Å². The average molecular weight is 318 g/mol. The number of ether oxygens (including phenoxy) is 2. The van der Waals surface area contributed by atoms with Crippen LogP contribution in [-0.2, 0) is 13.1 Å². The first-order chi connectivity index (χ1) is 10.7. The SMILES string of the molecule is O[C@H]1CN(Cc2cc3c(cc2Cl)OCO3)Cc2ccccc21. The summed E-state index contributed by atoms with van der Waals surface area (Å²) < 4.78 is 10.7. The van der Waals surface area contributed by atoms with Crippen molar-refractivity contribution in [3.8, 4) is 11.5 Å². The molecule has 0 radical (unpaired) electrons. The first-order valence-electron chi connectivity index (χ1n) is 7.27. The van der Waals surface area contributed by atoms with Gasteiger partial charge in [0.05, 0.1) is 6.10 Å². The van der Waals surface area contributed by atoms with E-state index in [1.165, 1.54) is 0 Å². The second kappa shape index (κ2) is 5.47. The second-order valence-corrected chi connectivity index (χ2v) is 6.09. The summed E-state index contributed by atoms with van der Waals surface area (Å²) in [4.78, 5) is 2.19. The second-order valence-electron chi connectivity index (χ2n) is 5.68. The zero-order chi connectivity index (χ0) is 15.1. The highest BCUT2D eigenvalue weighted by Crippen LogP contribution is 2.38. The molecule has 2 heterocycles. The van der Waals surface area contributed by atoms with Crippen molar-refractivity contribution in [1.29, 1.82) is 0 Å². The Morgan fingerprint density at radius 2 is 1.95 bits per heavy atom. The van der Waals surface area contributed by atoms with Gasteiger partial charge in [0.2, 0.25) is 6.79 Å². The van der Waals surface area contributed by atoms with Crippen LogP contribution in [0.1, 0.15) is 22.8 Å². The van der Waals surface area contributed by atoms with Crippen molar-refractivity contribution in [3.05, 3.63) is 58.1 Å². The number of aliphatic hydroxyl groups excluding tert-OH is 1. The minimum absolute atomic E-state index is 0.241. The molecule has 2 aromatic carbocycles. The van der Waals surface area contributed by atoms with Gasteiger partial charge in [-0.25, -0.2) is 0 Å². The van der Waals surface area contributed by atoms with Crippen LogP contribution in [0, 0.1) is 0 Å². The molecule has 2 aliphatic rings. The van der Waals surface area contributed by atoms with Crippen molar-refractivity contribution >= 4 is 11.6 Å². The van der Waals surface area contributed by atoms with Gasteiger partial charge < -0.3 is 14.6 Å². The Bertz CT molecular complexity index is 719. The maximum Gasteiger partial charge on any atom is 0.231 e. The summed E-state index contributed by atoms with van der Waals surface area (Å²) in [5.41, 5.74) is 3.17. The fourth-order valence-corrected chi connectivity index (χ4v) is 3.31. The number of hydrogen-bond donors (Lipinski definition) is 1. The minimum Gasteiger partial charge on any atom is -0.454 e. The predicted octanol–water partition coefficient (Wildman–Crippen LogP) is 3.12. The Labute approximate surface area is 133 Å². The summed E-state index contributed by atoms with van der Waals surface area (Å²) >= 11 is 6.34. The van der Waals surface area contributed by atoms with Crippen molar-refractivity contribution in [3.63, 3.8) is 0 Å². The van der Waals surface area contributed by atoms with Gasteiger partial charge >= 0.3 is 0 Å². The van der Waals surface area contributed by atoms with Gasteiger partial charge in [-0.3, -0.25) is 4.90 Å². The summed E-state index contributed by atoms with van der Waals surface area (Å²) in [5.74, 6) is 1.43. The van der Waals surface area contributed by atoms with Gasteiger partial charge in [0, 0.05) is 30.7 Å². The number of nitrogens with zero attached hydrogens (tertiary/aromatic N) is 1. The van der Waals surface area contributed by atoms with Gasteiger partial charge in [0.25, 0.3) is 0 Å². The molecule has 0 aliphatic carbocycles. The van der Waals surface area contributed by atoms with E-state index in [1.54, 1.807) is 6.07 Å². The van der Waals surface area contributed by atoms with E-state index in [4.69, 9.17) is 21.1 Å². The number of fused-ring (bicyclic) bond motifs is 2. The number of β-amino-alcohol motifs (C(OH)–C–C–N with tert-alkyl or cyclic N) is 1. The molecule has 0 bridgehead atoms. The van der Waals surface area contributed by atoms with Crippen molar-refractivity contribution in [2.75, 3.05) is 13.3 Å². The molecule has 1 N–H and O–H groups in total. The van der Waals surface area contributed by atoms with Crippen LogP contribution in [0.4, 0.5) is 0 Å². The highest BCUT2D eigenvalue weighted by atomic mass is 35.5. The monoisotopic (exact) mass is 317 g/mol. The number of hydrogen-bond acceptors (Lipinski definition) is 4. The summed E-state index contributed by atoms with van der Waals surface area (Å²) in [5, 5.41) is 11.0. The molecule has 0 spiro atoms. The first-order valence-corrected chi connectivity index (χ1v) is 7.65. The standard InChI is InChI=1S/C17H16ClNO3/c18-14-6-17-16(21-10-22-17)5-12(14)8-19-7-11-3-1-2-4-13(11)15(20)9-19/h1-6,15,20H,7-10H2/t15-/m0/s1. The Balaban J connectivity index is 1.58. The normalized spacial score (nSPS) is 20.0. The van der Waals surface area contributed by atoms with Gasteiger partial charge in [0.1, 0.15) is 0 Å². The minimum atomic E-state index is -0.460. The van der Waals surface area contributed by atoms with Crippen LogP contribution in [0.3, 0.4) is 0 Å². The van der Waals surface area contributed by atoms with E-state index in [9.17, 15) is 5.11 Å². The molecule has 0 saturated carbocycles. The van der Waals surface area contributed by atoms with Crippen LogP contribution in [0.5, 0.6) is 11.5 Å². The number of rotatable bonds is 2. The molecule has 114 valence electrons. The lowest BCUT2D eigenvalue weighted by atomic mass is 9.97. The Kier molecular flexibility index (Phi) is 3.45. The smallest absolute Gasteiger partial charge is 0.231 e. The third-order valence-corrected chi connectivity index (χ3v) is 4.53. The predicted molar refractivity (Wildman–Crippen MR) is 83.1 cm³/mol. The first kappa shape index (κ1) is 13.9. The summed E-state index contributed by atoms with van der Waals surface area (Å²) in [6, 6.07) is 11.7. The highest BCUT2D eigenvalue weighted by Gasteiger charge is 2.24. The molecular weight excluding hydrogens is 302 g/mol. The van der Waals surface area contributed by atoms with Gasteiger partial charge in [-0.15, -0.1) is 0 Å². The molecule has 5 heteroatoms. The third kappa shape index (κ3) is 2.43. The topological polar surface area (TPSA) is 41.9 Å². The van der Waals surface area contributed by atoms with Gasteiger partial charge in [-0.1, -0.05) is 35.9 Å². The van der Waals surface area contributed by atoms with Crippen LogP contribution in [0.25, 0.3) is 0 Å². The molecule has 4 rings (SSSR count). The quantitative estimate of drug-likeness (QED) is 0.924. The molecule has 4 nitrogen and oxygen atoms in total. The summed E-state index contributed by atoms with van der Waals surface area (Å²) in [7, 11) is 0. The van der Waals surface area contributed by atoms with Crippen LogP contribution in [0.2, 0.25) is 5.02 Å². The lowest BCUT2D eigenvalue weighted by molar-refractivity contribution is 0.0882. The molecule has 2 aromatic rings. The maximum absolute atomic E-state index is 10.3. The molecule has 0 saturated heterocycles. The Morgan fingerprint density at radius 3 is 2.82 bits per heavy atom. The molecule has 0 aromatic heterocycles. The largest absolute Gasteiger partial charge is 0.454 e. The lowest BCUT2D eigenvalue weighted by Crippen LogP contribution is -2.33. The van der Waals surface area contributed by atoms with Crippen LogP contribution < -0.4 is 9.47 Å². The number of aliphatic hydroxyl groups is 1. The van der Waals surface area contributed by atoms with E-state index in [0.29, 0.717) is 23.9 Å². The van der Waals surface area contributed by atoms with Crippen molar-refractivity contribution in [2.24, 2.45) is 0 Å². The average Bonchev–Trinajstić information content (AvgIpc) is 2.95. The van der Waals surface area contributed by atoms with E-state index in [2.05, 4.69) is 11.0 Å². The molecule has 0 amide bonds. The number of benzene rings is 2. The fraction of sp³-hybridized carbons (Fsp3) is 0.294. The molecule has 2 aliphatic heterocycles. The number of halogens is 1. The van der Waals surface area contributed by atoms with E-state index < -0.39 is 6.10 Å². The third-order valence-electron chi connectivity index (χ3n) is 4.17. The molecule has 0 fully saturated rings. The van der Waals surface area contributed by atoms with Crippen molar-refractivity contribution < 1.29 is 14.6 Å². The summed E-state index contributed by atoms with van der Waals surface area (Å²) in [6.07, 6.45) is -0.460. The van der Waals surface area contributed by atoms with E-state index in [0.717, 1.165) is 29.0 Å². The van der Waals surface area contributed by atoms with Gasteiger partial charge in [0.15, 0.2) is 11.5 Å². The van der Waals surface area contributed by atoms with Gasteiger partial charge in [-0.2, -0.15) is 0 Å². The van der Waals surface area contributed by atoms with Crippen LogP contribution in [0.15, 0.2) is 36.4 Å². The Hall–Kier alpha value is -1.75. The summed E-state index contributed by atoms with van der Waals surface area (Å²) in [6.45, 7) is 2.31. The van der Waals surface area contributed by atoms with Crippen LogP contribution >= 0.6 is 11.6 Å². The van der Waals surface area contributed by atoms with Crippen molar-refractivity contribution in [1.82, 2.24) is 4.90 Å². The fourth-order valence-electron chi connectivity index (χ4n) is 3.09. The zero-order valence-corrected chi connectivity index (χ0v) is 12.7. The molecule has 0 unspecified atom stereocenters. The molecule has 1 atom stereocenters. The molecule has 22 heavy (non-hydrogen) atoms. The van der Waals surface area contributed by atoms with E-state index >= 15 is 0 Å².